The third kappa shape index (κ3) is 5.53. The lowest BCUT2D eigenvalue weighted by molar-refractivity contribution is 0.204. The molecule has 1 rings (SSSR count). The van der Waals surface area contributed by atoms with Crippen LogP contribution in [0.15, 0.2) is 24.3 Å². The molecule has 0 aliphatic rings. The van der Waals surface area contributed by atoms with Crippen molar-refractivity contribution in [2.75, 3.05) is 18.2 Å². The summed E-state index contributed by atoms with van der Waals surface area (Å²) in [5.74, 6) is 0.961. The van der Waals surface area contributed by atoms with E-state index in [9.17, 15) is 4.79 Å². The quantitative estimate of drug-likeness (QED) is 0.752. The van der Waals surface area contributed by atoms with Crippen molar-refractivity contribution in [2.24, 2.45) is 5.92 Å². The highest BCUT2D eigenvalue weighted by Crippen LogP contribution is 2.15. The van der Waals surface area contributed by atoms with Crippen LogP contribution in [-0.4, -0.2) is 30.0 Å². The molecule has 2 atom stereocenters. The molecule has 0 radical (unpaired) electrons. The Labute approximate surface area is 119 Å². The minimum Gasteiger partial charge on any atom is -0.396 e. The van der Waals surface area contributed by atoms with Gasteiger partial charge in [-0.3, -0.25) is 0 Å². The lowest BCUT2D eigenvalue weighted by Gasteiger charge is -2.19. The van der Waals surface area contributed by atoms with Gasteiger partial charge in [-0.1, -0.05) is 19.1 Å². The van der Waals surface area contributed by atoms with Crippen LogP contribution in [0, 0.1) is 5.92 Å². The molecule has 3 N–H and O–H groups in total. The molecule has 0 aliphatic carbocycles. The van der Waals surface area contributed by atoms with Crippen LogP contribution in [0.1, 0.15) is 19.4 Å². The van der Waals surface area contributed by atoms with Gasteiger partial charge in [0.1, 0.15) is 0 Å². The van der Waals surface area contributed by atoms with E-state index >= 15 is 0 Å². The van der Waals surface area contributed by atoms with Crippen LogP contribution in [0.4, 0.5) is 10.5 Å². The second kappa shape index (κ2) is 8.07. The predicted molar refractivity (Wildman–Crippen MR) is 81.5 cm³/mol. The summed E-state index contributed by atoms with van der Waals surface area (Å²) in [6, 6.07) is 7.49. The zero-order valence-corrected chi connectivity index (χ0v) is 12.5. The monoisotopic (exact) mass is 282 g/mol. The highest BCUT2D eigenvalue weighted by molar-refractivity contribution is 7.97. The number of nitrogens with one attached hydrogen (secondary N) is 2. The lowest BCUT2D eigenvalue weighted by atomic mass is 10.1. The van der Waals surface area contributed by atoms with Crippen molar-refractivity contribution >= 4 is 23.5 Å². The molecule has 0 spiro atoms. The summed E-state index contributed by atoms with van der Waals surface area (Å²) >= 11 is 1.74. The first-order chi connectivity index (χ1) is 9.06. The van der Waals surface area contributed by atoms with Gasteiger partial charge in [-0.2, -0.15) is 11.8 Å². The van der Waals surface area contributed by atoms with E-state index in [-0.39, 0.29) is 24.6 Å². The third-order valence-corrected chi connectivity index (χ3v) is 3.62. The minimum atomic E-state index is -0.242. The van der Waals surface area contributed by atoms with Crippen LogP contribution in [0.25, 0.3) is 0 Å². The smallest absolute Gasteiger partial charge is 0.319 e. The summed E-state index contributed by atoms with van der Waals surface area (Å²) in [7, 11) is 0. The molecule has 0 heterocycles. The molecule has 0 fully saturated rings. The number of hydrogen-bond donors (Lipinski definition) is 3. The molecule has 2 amide bonds. The third-order valence-electron chi connectivity index (χ3n) is 3.00. The van der Waals surface area contributed by atoms with E-state index in [0.29, 0.717) is 0 Å². The number of carbonyl (C=O) groups excluding carboxylic acids is 1. The fourth-order valence-corrected chi connectivity index (χ4v) is 2.09. The number of urea groups is 1. The van der Waals surface area contributed by atoms with Crippen LogP contribution in [0.5, 0.6) is 0 Å². The maximum absolute atomic E-state index is 11.8. The van der Waals surface area contributed by atoms with Gasteiger partial charge in [0.05, 0.1) is 0 Å². The van der Waals surface area contributed by atoms with Crippen molar-refractivity contribution in [1.82, 2.24) is 5.32 Å². The normalized spacial score (nSPS) is 13.7. The van der Waals surface area contributed by atoms with Crippen LogP contribution < -0.4 is 10.6 Å². The predicted octanol–water partition coefficient (Wildman–Crippen LogP) is 2.69. The standard InChI is InChI=1S/C14H22N2O2S/c1-10(8-17)11(2)15-14(18)16-13-6-4-5-12(7-13)9-19-3/h4-7,10-11,17H,8-9H2,1-3H3,(H2,15,16,18)/t10-,11-/m0/s1. The van der Waals surface area contributed by atoms with Crippen LogP contribution in [-0.2, 0) is 5.75 Å². The Kier molecular flexibility index (Phi) is 6.73. The SMILES string of the molecule is CSCc1cccc(NC(=O)N[C@@H](C)[C@@H](C)CO)c1. The van der Waals surface area contributed by atoms with Crippen LogP contribution >= 0.6 is 11.8 Å². The highest BCUT2D eigenvalue weighted by atomic mass is 32.2. The summed E-state index contributed by atoms with van der Waals surface area (Å²) in [6.45, 7) is 3.83. The van der Waals surface area contributed by atoms with E-state index in [0.717, 1.165) is 11.4 Å². The Bertz CT molecular complexity index is 412. The molecule has 5 heteroatoms. The van der Waals surface area contributed by atoms with Gasteiger partial charge >= 0.3 is 6.03 Å². The van der Waals surface area contributed by atoms with E-state index in [2.05, 4.69) is 10.6 Å². The van der Waals surface area contributed by atoms with Crippen LogP contribution in [0.2, 0.25) is 0 Å². The largest absolute Gasteiger partial charge is 0.396 e. The van der Waals surface area contributed by atoms with Crippen molar-refractivity contribution < 1.29 is 9.90 Å². The van der Waals surface area contributed by atoms with Crippen molar-refractivity contribution in [3.63, 3.8) is 0 Å². The molecule has 0 saturated heterocycles. The molecule has 1 aromatic carbocycles. The molecular formula is C14H22N2O2S. The number of carbonyl (C=O) groups is 1. The maximum atomic E-state index is 11.8. The van der Waals surface area contributed by atoms with Gasteiger partial charge in [-0.05, 0) is 36.8 Å². The molecule has 0 unspecified atom stereocenters. The molecule has 0 aliphatic heterocycles. The number of aliphatic hydroxyl groups excluding tert-OH is 1. The summed E-state index contributed by atoms with van der Waals surface area (Å²) in [5.41, 5.74) is 1.97. The Hall–Kier alpha value is -1.20. The Morgan fingerprint density at radius 3 is 2.79 bits per heavy atom. The van der Waals surface area contributed by atoms with E-state index in [1.165, 1.54) is 5.56 Å². The number of benzene rings is 1. The number of amides is 2. The summed E-state index contributed by atoms with van der Waals surface area (Å²) in [5, 5.41) is 14.7. The Morgan fingerprint density at radius 2 is 2.16 bits per heavy atom. The molecule has 0 saturated carbocycles. The molecule has 1 aromatic rings. The Balaban J connectivity index is 2.54. The number of thioether (sulfide) groups is 1. The van der Waals surface area contributed by atoms with E-state index < -0.39 is 0 Å². The van der Waals surface area contributed by atoms with Gasteiger partial charge < -0.3 is 15.7 Å². The summed E-state index contributed by atoms with van der Waals surface area (Å²) in [4.78, 5) is 11.8. The van der Waals surface area contributed by atoms with E-state index in [1.807, 2.05) is 44.4 Å². The fraction of sp³-hybridized carbons (Fsp3) is 0.500. The first-order valence-corrected chi connectivity index (χ1v) is 7.72. The molecule has 0 aromatic heterocycles. The fourth-order valence-electron chi connectivity index (χ4n) is 1.58. The van der Waals surface area contributed by atoms with Gasteiger partial charge in [0.15, 0.2) is 0 Å². The average molecular weight is 282 g/mol. The van der Waals surface area contributed by atoms with Crippen molar-refractivity contribution in [1.29, 1.82) is 0 Å². The zero-order chi connectivity index (χ0) is 14.3. The van der Waals surface area contributed by atoms with E-state index in [4.69, 9.17) is 5.11 Å². The van der Waals surface area contributed by atoms with Gasteiger partial charge in [-0.25, -0.2) is 4.79 Å². The minimum absolute atomic E-state index is 0.0357. The molecule has 106 valence electrons. The first-order valence-electron chi connectivity index (χ1n) is 6.33. The molecular weight excluding hydrogens is 260 g/mol. The first kappa shape index (κ1) is 15.9. The summed E-state index contributed by atoms with van der Waals surface area (Å²) < 4.78 is 0. The molecule has 4 nitrogen and oxygen atoms in total. The van der Waals surface area contributed by atoms with Gasteiger partial charge in [0, 0.05) is 24.1 Å². The average Bonchev–Trinajstić information content (AvgIpc) is 2.38. The van der Waals surface area contributed by atoms with Gasteiger partial charge in [0.2, 0.25) is 0 Å². The number of rotatable bonds is 6. The lowest BCUT2D eigenvalue weighted by Crippen LogP contribution is -2.40. The maximum Gasteiger partial charge on any atom is 0.319 e. The van der Waals surface area contributed by atoms with E-state index in [1.54, 1.807) is 11.8 Å². The van der Waals surface area contributed by atoms with Gasteiger partial charge in [-0.15, -0.1) is 0 Å². The molecule has 19 heavy (non-hydrogen) atoms. The number of hydrogen-bond acceptors (Lipinski definition) is 3. The number of anilines is 1. The Morgan fingerprint density at radius 1 is 1.42 bits per heavy atom. The topological polar surface area (TPSA) is 61.4 Å². The van der Waals surface area contributed by atoms with Crippen molar-refractivity contribution in [2.45, 2.75) is 25.6 Å². The summed E-state index contributed by atoms with van der Waals surface area (Å²) in [6.07, 6.45) is 2.05. The van der Waals surface area contributed by atoms with Gasteiger partial charge in [0.25, 0.3) is 0 Å². The van der Waals surface area contributed by atoms with Crippen molar-refractivity contribution in [3.8, 4) is 0 Å². The van der Waals surface area contributed by atoms with Crippen molar-refractivity contribution in [3.05, 3.63) is 29.8 Å². The zero-order valence-electron chi connectivity index (χ0n) is 11.6. The second-order valence-corrected chi connectivity index (χ2v) is 5.55. The second-order valence-electron chi connectivity index (χ2n) is 4.68. The number of aliphatic hydroxyl groups is 1. The molecule has 0 bridgehead atoms. The van der Waals surface area contributed by atoms with Crippen LogP contribution in [0.3, 0.4) is 0 Å². The highest BCUT2D eigenvalue weighted by Gasteiger charge is 2.13.